The van der Waals surface area contributed by atoms with E-state index in [2.05, 4.69) is 4.98 Å². The summed E-state index contributed by atoms with van der Waals surface area (Å²) in [4.78, 5) is 3.16. The van der Waals surface area contributed by atoms with Gasteiger partial charge in [0.2, 0.25) is 0 Å². The highest BCUT2D eigenvalue weighted by Crippen LogP contribution is 2.25. The lowest BCUT2D eigenvalue weighted by atomic mass is 10.1. The molecule has 1 aromatic heterocycles. The number of nitrogens with one attached hydrogen (secondary N) is 1. The molecule has 3 N–H and O–H groups in total. The minimum absolute atomic E-state index is 0.0345. The van der Waals surface area contributed by atoms with Crippen molar-refractivity contribution in [3.8, 4) is 0 Å². The second kappa shape index (κ2) is 3.05. The molecule has 3 heteroatoms. The number of aromatic amines is 1. The number of benzene rings is 1. The van der Waals surface area contributed by atoms with Crippen molar-refractivity contribution in [2.24, 2.45) is 5.73 Å². The van der Waals surface area contributed by atoms with Crippen LogP contribution in [0.4, 0.5) is 0 Å². The fourth-order valence-corrected chi connectivity index (χ4v) is 1.66. The summed E-state index contributed by atoms with van der Waals surface area (Å²) in [5, 5.41) is 1.86. The van der Waals surface area contributed by atoms with Gasteiger partial charge in [-0.3, -0.25) is 0 Å². The van der Waals surface area contributed by atoms with Crippen LogP contribution < -0.4 is 5.73 Å². The Balaban J connectivity index is 2.71. The molecule has 0 radical (unpaired) electrons. The van der Waals surface area contributed by atoms with Crippen molar-refractivity contribution in [2.75, 3.05) is 0 Å². The molecule has 1 unspecified atom stereocenters. The second-order valence-corrected chi connectivity index (χ2v) is 3.66. The number of nitrogens with two attached hydrogens (primary N) is 1. The van der Waals surface area contributed by atoms with Crippen molar-refractivity contribution in [1.82, 2.24) is 4.98 Å². The van der Waals surface area contributed by atoms with Crippen LogP contribution in [0.5, 0.6) is 0 Å². The van der Waals surface area contributed by atoms with Gasteiger partial charge in [-0.1, -0.05) is 11.6 Å². The lowest BCUT2D eigenvalue weighted by molar-refractivity contribution is 0.826. The average Bonchev–Trinajstić information content (AvgIpc) is 2.46. The Kier molecular flexibility index (Phi) is 2.02. The quantitative estimate of drug-likeness (QED) is 0.720. The number of H-pyrrole nitrogens is 1. The maximum absolute atomic E-state index is 5.90. The van der Waals surface area contributed by atoms with E-state index in [0.717, 1.165) is 21.5 Å². The van der Waals surface area contributed by atoms with Crippen LogP contribution in [-0.2, 0) is 0 Å². The normalized spacial score (nSPS) is 13.5. The molecule has 2 nitrogen and oxygen atoms in total. The Morgan fingerprint density at radius 3 is 2.92 bits per heavy atom. The van der Waals surface area contributed by atoms with E-state index in [1.165, 1.54) is 0 Å². The highest BCUT2D eigenvalue weighted by Gasteiger charge is 2.06. The van der Waals surface area contributed by atoms with Crippen LogP contribution in [0.2, 0.25) is 5.02 Å². The summed E-state index contributed by atoms with van der Waals surface area (Å²) in [6.45, 7) is 1.96. The van der Waals surface area contributed by atoms with Gasteiger partial charge in [0.1, 0.15) is 0 Å². The number of halogens is 1. The number of aromatic nitrogens is 1. The summed E-state index contributed by atoms with van der Waals surface area (Å²) >= 11 is 5.90. The van der Waals surface area contributed by atoms with Crippen molar-refractivity contribution < 1.29 is 0 Å². The first-order chi connectivity index (χ1) is 6.18. The molecule has 1 atom stereocenters. The molecule has 2 aromatic rings. The molecule has 0 aliphatic rings. The van der Waals surface area contributed by atoms with Crippen LogP contribution in [0.25, 0.3) is 10.9 Å². The molecule has 0 fully saturated rings. The van der Waals surface area contributed by atoms with E-state index in [-0.39, 0.29) is 6.04 Å². The van der Waals surface area contributed by atoms with Gasteiger partial charge in [-0.2, -0.15) is 0 Å². The highest BCUT2D eigenvalue weighted by molar-refractivity contribution is 6.31. The van der Waals surface area contributed by atoms with Crippen LogP contribution in [0.15, 0.2) is 24.4 Å². The molecule has 1 aromatic carbocycles. The Morgan fingerprint density at radius 2 is 2.23 bits per heavy atom. The van der Waals surface area contributed by atoms with Crippen LogP contribution in [0, 0.1) is 0 Å². The maximum atomic E-state index is 5.90. The van der Waals surface area contributed by atoms with Crippen molar-refractivity contribution in [3.05, 3.63) is 35.0 Å². The summed E-state index contributed by atoms with van der Waals surface area (Å²) in [7, 11) is 0. The third-order valence-corrected chi connectivity index (χ3v) is 2.40. The Hall–Kier alpha value is -0.990. The fourth-order valence-electron chi connectivity index (χ4n) is 1.49. The van der Waals surface area contributed by atoms with Crippen molar-refractivity contribution >= 4 is 22.5 Å². The predicted molar refractivity (Wildman–Crippen MR) is 55.9 cm³/mol. The molecule has 0 bridgehead atoms. The monoisotopic (exact) mass is 194 g/mol. The molecule has 0 saturated carbocycles. The number of fused-ring (bicyclic) bond motifs is 1. The van der Waals surface area contributed by atoms with E-state index < -0.39 is 0 Å². The first kappa shape index (κ1) is 8.60. The molecule has 0 spiro atoms. The lowest BCUT2D eigenvalue weighted by Crippen LogP contribution is -2.03. The fraction of sp³-hybridized carbons (Fsp3) is 0.200. The molecule has 0 amide bonds. The first-order valence-corrected chi connectivity index (χ1v) is 4.58. The van der Waals surface area contributed by atoms with Gasteiger partial charge in [0.25, 0.3) is 0 Å². The second-order valence-electron chi connectivity index (χ2n) is 3.22. The van der Waals surface area contributed by atoms with Crippen LogP contribution in [0.1, 0.15) is 18.5 Å². The number of rotatable bonds is 1. The van der Waals surface area contributed by atoms with Gasteiger partial charge in [-0.25, -0.2) is 0 Å². The van der Waals surface area contributed by atoms with Crippen LogP contribution >= 0.6 is 11.6 Å². The van der Waals surface area contributed by atoms with E-state index in [4.69, 9.17) is 17.3 Å². The van der Waals surface area contributed by atoms with Crippen molar-refractivity contribution in [1.29, 1.82) is 0 Å². The van der Waals surface area contributed by atoms with Gasteiger partial charge < -0.3 is 10.7 Å². The summed E-state index contributed by atoms with van der Waals surface area (Å²) < 4.78 is 0. The standard InChI is InChI=1S/C10H11ClN2/c1-6(12)9-5-13-10-3-2-7(11)4-8(9)10/h2-6,13H,12H2,1H3. The molecule has 1 heterocycles. The minimum atomic E-state index is 0.0345. The predicted octanol–water partition coefficient (Wildman–Crippen LogP) is 2.84. The van der Waals surface area contributed by atoms with Crippen molar-refractivity contribution in [2.45, 2.75) is 13.0 Å². The van der Waals surface area contributed by atoms with E-state index in [1.54, 1.807) is 0 Å². The Bertz CT molecular complexity index is 431. The van der Waals surface area contributed by atoms with Crippen molar-refractivity contribution in [3.63, 3.8) is 0 Å². The Morgan fingerprint density at radius 1 is 1.46 bits per heavy atom. The number of hydrogen-bond donors (Lipinski definition) is 2. The van der Waals surface area contributed by atoms with E-state index in [1.807, 2.05) is 31.3 Å². The summed E-state index contributed by atoms with van der Waals surface area (Å²) in [6, 6.07) is 5.80. The molecule has 0 aliphatic carbocycles. The first-order valence-electron chi connectivity index (χ1n) is 4.20. The van der Waals surface area contributed by atoms with Gasteiger partial charge >= 0.3 is 0 Å². The zero-order valence-electron chi connectivity index (χ0n) is 7.34. The third-order valence-electron chi connectivity index (χ3n) is 2.17. The van der Waals surface area contributed by atoms with E-state index in [0.29, 0.717) is 0 Å². The van der Waals surface area contributed by atoms with Crippen LogP contribution in [0.3, 0.4) is 0 Å². The molecule has 13 heavy (non-hydrogen) atoms. The zero-order valence-corrected chi connectivity index (χ0v) is 8.10. The molecular formula is C10H11ClN2. The zero-order chi connectivity index (χ0) is 9.42. The van der Waals surface area contributed by atoms with Gasteiger partial charge in [0, 0.05) is 28.2 Å². The van der Waals surface area contributed by atoms with E-state index >= 15 is 0 Å². The largest absolute Gasteiger partial charge is 0.361 e. The minimum Gasteiger partial charge on any atom is -0.361 e. The van der Waals surface area contributed by atoms with Gasteiger partial charge in [-0.05, 0) is 30.7 Å². The highest BCUT2D eigenvalue weighted by atomic mass is 35.5. The van der Waals surface area contributed by atoms with E-state index in [9.17, 15) is 0 Å². The van der Waals surface area contributed by atoms with Gasteiger partial charge in [-0.15, -0.1) is 0 Å². The third kappa shape index (κ3) is 1.43. The molecule has 68 valence electrons. The maximum Gasteiger partial charge on any atom is 0.0458 e. The lowest BCUT2D eigenvalue weighted by Gasteiger charge is -2.02. The van der Waals surface area contributed by atoms with Crippen LogP contribution in [-0.4, -0.2) is 4.98 Å². The smallest absolute Gasteiger partial charge is 0.0458 e. The van der Waals surface area contributed by atoms with Gasteiger partial charge in [0.15, 0.2) is 0 Å². The number of hydrogen-bond acceptors (Lipinski definition) is 1. The summed E-state index contributed by atoms with van der Waals surface area (Å²) in [5.41, 5.74) is 8.00. The molecule has 2 rings (SSSR count). The molecular weight excluding hydrogens is 184 g/mol. The molecule has 0 aliphatic heterocycles. The van der Waals surface area contributed by atoms with Gasteiger partial charge in [0.05, 0.1) is 0 Å². The average molecular weight is 195 g/mol. The SMILES string of the molecule is CC(N)c1c[nH]c2ccc(Cl)cc12. The summed E-state index contributed by atoms with van der Waals surface area (Å²) in [5.74, 6) is 0. The Labute approximate surface area is 81.7 Å². The topological polar surface area (TPSA) is 41.8 Å². The molecule has 0 saturated heterocycles. The summed E-state index contributed by atoms with van der Waals surface area (Å²) in [6.07, 6.45) is 1.94.